The Labute approximate surface area is 158 Å². The van der Waals surface area contributed by atoms with Crippen LogP contribution in [-0.2, 0) is 0 Å². The molecule has 0 amide bonds. The molecule has 134 valence electrons. The van der Waals surface area contributed by atoms with Gasteiger partial charge in [-0.15, -0.1) is 11.8 Å². The van der Waals surface area contributed by atoms with E-state index in [-0.39, 0.29) is 17.4 Å². The first-order valence-electron chi connectivity index (χ1n) is 8.55. The Morgan fingerprint density at radius 1 is 1.00 bits per heavy atom. The van der Waals surface area contributed by atoms with E-state index < -0.39 is 0 Å². The van der Waals surface area contributed by atoms with Gasteiger partial charge in [-0.2, -0.15) is 0 Å². The van der Waals surface area contributed by atoms with Gasteiger partial charge in [-0.3, -0.25) is 4.79 Å². The zero-order chi connectivity index (χ0) is 18.8. The van der Waals surface area contributed by atoms with E-state index in [1.807, 2.05) is 19.9 Å². The van der Waals surface area contributed by atoms with Crippen molar-refractivity contribution in [3.05, 3.63) is 82.4 Å². The average Bonchev–Trinajstić information content (AvgIpc) is 2.91. The van der Waals surface area contributed by atoms with Crippen molar-refractivity contribution in [3.63, 3.8) is 0 Å². The van der Waals surface area contributed by atoms with Crippen molar-refractivity contribution >= 4 is 17.5 Å². The topological polar surface area (TPSA) is 22.0 Å². The molecule has 0 bridgehead atoms. The Kier molecular flexibility index (Phi) is 5.33. The van der Waals surface area contributed by atoms with Crippen LogP contribution >= 0.6 is 11.8 Å². The second kappa shape index (κ2) is 7.50. The summed E-state index contributed by atoms with van der Waals surface area (Å²) in [5, 5.41) is 0. The minimum Gasteiger partial charge on any atom is -0.318 e. The first-order chi connectivity index (χ1) is 12.4. The van der Waals surface area contributed by atoms with E-state index in [2.05, 4.69) is 36.6 Å². The van der Waals surface area contributed by atoms with Gasteiger partial charge in [0.15, 0.2) is 5.78 Å². The van der Waals surface area contributed by atoms with Gasteiger partial charge in [0.05, 0.1) is 5.75 Å². The lowest BCUT2D eigenvalue weighted by molar-refractivity contribution is 0.102. The number of aromatic nitrogens is 1. The van der Waals surface area contributed by atoms with Crippen LogP contribution in [0.1, 0.15) is 32.9 Å². The maximum atomic E-state index is 13.7. The van der Waals surface area contributed by atoms with Crippen molar-refractivity contribution in [2.45, 2.75) is 32.6 Å². The summed E-state index contributed by atoms with van der Waals surface area (Å²) in [6.07, 6.45) is 0. The lowest BCUT2D eigenvalue weighted by atomic mass is 10.1. The molecule has 0 aliphatic carbocycles. The highest BCUT2D eigenvalue weighted by atomic mass is 32.2. The number of thioether (sulfide) groups is 1. The largest absolute Gasteiger partial charge is 0.318 e. The number of nitrogens with zero attached hydrogens (tertiary/aromatic N) is 1. The predicted molar refractivity (Wildman–Crippen MR) is 106 cm³/mol. The number of rotatable bonds is 5. The van der Waals surface area contributed by atoms with Gasteiger partial charge in [-0.05, 0) is 69.2 Å². The fourth-order valence-electron chi connectivity index (χ4n) is 3.09. The summed E-state index contributed by atoms with van der Waals surface area (Å²) in [4.78, 5) is 13.2. The summed E-state index contributed by atoms with van der Waals surface area (Å²) in [6, 6.07) is 14.8. The molecule has 0 saturated carbocycles. The summed E-state index contributed by atoms with van der Waals surface area (Å²) in [7, 11) is 0. The van der Waals surface area contributed by atoms with Crippen LogP contribution < -0.4 is 0 Å². The zero-order valence-electron chi connectivity index (χ0n) is 15.5. The highest BCUT2D eigenvalue weighted by Crippen LogP contribution is 2.26. The molecule has 2 nitrogen and oxygen atoms in total. The molecule has 4 heteroatoms. The van der Waals surface area contributed by atoms with Crippen LogP contribution in [0.25, 0.3) is 5.69 Å². The quantitative estimate of drug-likeness (QED) is 0.418. The molecule has 0 saturated heterocycles. The highest BCUT2D eigenvalue weighted by Gasteiger charge is 2.17. The standard InChI is InChI=1S/C22H22FNOS/c1-14-9-10-18(11-15(14)2)24-16(3)12-19(17(24)4)21(25)13-26-22-8-6-5-7-20(22)23/h5-12H,13H2,1-4H3. The third-order valence-corrected chi connectivity index (χ3v) is 5.72. The Balaban J connectivity index is 1.86. The first kappa shape index (κ1) is 18.5. The first-order valence-corrected chi connectivity index (χ1v) is 9.54. The number of carbonyl (C=O) groups excluding carboxylic acids is 1. The Hall–Kier alpha value is -2.33. The fourth-order valence-corrected chi connectivity index (χ4v) is 3.91. The van der Waals surface area contributed by atoms with E-state index in [1.165, 1.54) is 29.0 Å². The molecule has 3 rings (SSSR count). The van der Waals surface area contributed by atoms with Gasteiger partial charge in [-0.1, -0.05) is 18.2 Å². The molecule has 3 aromatic rings. The molecule has 0 radical (unpaired) electrons. The van der Waals surface area contributed by atoms with E-state index >= 15 is 0 Å². The van der Waals surface area contributed by atoms with Gasteiger partial charge < -0.3 is 4.57 Å². The van der Waals surface area contributed by atoms with Crippen LogP contribution in [0.3, 0.4) is 0 Å². The van der Waals surface area contributed by atoms with E-state index in [0.29, 0.717) is 10.5 Å². The molecular weight excluding hydrogens is 345 g/mol. The van der Waals surface area contributed by atoms with E-state index in [0.717, 1.165) is 17.1 Å². The van der Waals surface area contributed by atoms with Crippen LogP contribution in [-0.4, -0.2) is 16.1 Å². The molecule has 1 heterocycles. The third kappa shape index (κ3) is 3.61. The molecule has 0 spiro atoms. The molecular formula is C22H22FNOS. The predicted octanol–water partition coefficient (Wildman–Crippen LogP) is 5.83. The number of ketones is 1. The van der Waals surface area contributed by atoms with E-state index in [9.17, 15) is 9.18 Å². The maximum absolute atomic E-state index is 13.7. The third-order valence-electron chi connectivity index (χ3n) is 4.68. The lowest BCUT2D eigenvalue weighted by Gasteiger charge is -2.12. The van der Waals surface area contributed by atoms with Gasteiger partial charge in [0.1, 0.15) is 5.82 Å². The van der Waals surface area contributed by atoms with Crippen LogP contribution in [0, 0.1) is 33.5 Å². The number of hydrogen-bond acceptors (Lipinski definition) is 2. The number of Topliss-reactive ketones (excluding diaryl/α,β-unsaturated/α-hetero) is 1. The average molecular weight is 367 g/mol. The second-order valence-electron chi connectivity index (χ2n) is 6.53. The highest BCUT2D eigenvalue weighted by molar-refractivity contribution is 8.00. The van der Waals surface area contributed by atoms with Gasteiger partial charge in [0, 0.05) is 27.5 Å². The fraction of sp³-hybridized carbons (Fsp3) is 0.227. The molecule has 0 N–H and O–H groups in total. The second-order valence-corrected chi connectivity index (χ2v) is 7.55. The van der Waals surface area contributed by atoms with Gasteiger partial charge >= 0.3 is 0 Å². The van der Waals surface area contributed by atoms with Crippen LogP contribution in [0.15, 0.2) is 53.4 Å². The number of carbonyl (C=O) groups is 1. The van der Waals surface area contributed by atoms with Crippen molar-refractivity contribution in [1.82, 2.24) is 4.57 Å². The van der Waals surface area contributed by atoms with Crippen molar-refractivity contribution < 1.29 is 9.18 Å². The molecule has 0 fully saturated rings. The van der Waals surface area contributed by atoms with E-state index in [1.54, 1.807) is 18.2 Å². The summed E-state index contributed by atoms with van der Waals surface area (Å²) in [6.45, 7) is 8.14. The molecule has 0 unspecified atom stereocenters. The normalized spacial score (nSPS) is 11.0. The van der Waals surface area contributed by atoms with Crippen molar-refractivity contribution in [2.24, 2.45) is 0 Å². The maximum Gasteiger partial charge on any atom is 0.174 e. The van der Waals surface area contributed by atoms with E-state index in [4.69, 9.17) is 0 Å². The minimum atomic E-state index is -0.286. The molecule has 26 heavy (non-hydrogen) atoms. The molecule has 0 aliphatic rings. The Bertz CT molecular complexity index is 974. The number of benzene rings is 2. The number of hydrogen-bond donors (Lipinski definition) is 0. The monoisotopic (exact) mass is 367 g/mol. The molecule has 0 aliphatic heterocycles. The van der Waals surface area contributed by atoms with Crippen LogP contribution in [0.2, 0.25) is 0 Å². The zero-order valence-corrected chi connectivity index (χ0v) is 16.3. The molecule has 1 aromatic heterocycles. The number of halogens is 1. The van der Waals surface area contributed by atoms with Crippen molar-refractivity contribution in [3.8, 4) is 5.69 Å². The lowest BCUT2D eigenvalue weighted by Crippen LogP contribution is -2.06. The van der Waals surface area contributed by atoms with Gasteiger partial charge in [0.2, 0.25) is 0 Å². The van der Waals surface area contributed by atoms with Gasteiger partial charge in [0.25, 0.3) is 0 Å². The summed E-state index contributed by atoms with van der Waals surface area (Å²) < 4.78 is 15.9. The summed E-state index contributed by atoms with van der Waals surface area (Å²) >= 11 is 1.24. The van der Waals surface area contributed by atoms with Crippen LogP contribution in [0.5, 0.6) is 0 Å². The number of aryl methyl sites for hydroxylation is 3. The smallest absolute Gasteiger partial charge is 0.174 e. The summed E-state index contributed by atoms with van der Waals surface area (Å²) in [5.74, 6) is -0.0506. The van der Waals surface area contributed by atoms with Crippen molar-refractivity contribution in [1.29, 1.82) is 0 Å². The van der Waals surface area contributed by atoms with Crippen molar-refractivity contribution in [2.75, 3.05) is 5.75 Å². The Morgan fingerprint density at radius 3 is 2.42 bits per heavy atom. The molecule has 2 aromatic carbocycles. The SMILES string of the molecule is Cc1ccc(-n2c(C)cc(C(=O)CSc3ccccc3F)c2C)cc1C. The summed E-state index contributed by atoms with van der Waals surface area (Å²) in [5.41, 5.74) is 6.16. The molecule has 0 atom stereocenters. The minimum absolute atomic E-state index is 0.0152. The van der Waals surface area contributed by atoms with Gasteiger partial charge in [-0.25, -0.2) is 4.39 Å². The van der Waals surface area contributed by atoms with Crippen LogP contribution in [0.4, 0.5) is 4.39 Å². The Morgan fingerprint density at radius 2 is 1.73 bits per heavy atom.